The van der Waals surface area contributed by atoms with E-state index in [0.717, 1.165) is 0 Å². The monoisotopic (exact) mass is 484 g/mol. The number of aromatic nitrogens is 1. The van der Waals surface area contributed by atoms with Crippen molar-refractivity contribution in [3.05, 3.63) is 17.5 Å². The van der Waals surface area contributed by atoms with Gasteiger partial charge in [-0.3, -0.25) is 14.5 Å². The number of nitrogens with zero attached hydrogens (tertiary/aromatic N) is 3. The molecule has 0 saturated carbocycles. The molecule has 0 radical (unpaired) electrons. The van der Waals surface area contributed by atoms with Gasteiger partial charge in [0.25, 0.3) is 10.0 Å². The molecule has 2 aliphatic rings. The Labute approximate surface area is 192 Å². The minimum absolute atomic E-state index is 0.0181. The molecule has 1 N–H and O–H groups in total. The molecule has 2 unspecified atom stereocenters. The van der Waals surface area contributed by atoms with Gasteiger partial charge in [0, 0.05) is 19.0 Å². The van der Waals surface area contributed by atoms with Crippen LogP contribution >= 0.6 is 0 Å². The van der Waals surface area contributed by atoms with E-state index in [1.807, 2.05) is 20.8 Å². The summed E-state index contributed by atoms with van der Waals surface area (Å²) >= 11 is 0. The normalized spacial score (nSPS) is 24.5. The molecular weight excluding hydrogens is 448 g/mol. The first-order chi connectivity index (χ1) is 14.6. The molecule has 1 fully saturated rings. The molecule has 0 aliphatic carbocycles. The first-order valence-corrected chi connectivity index (χ1v) is 15.6. The highest BCUT2D eigenvalue weighted by Gasteiger charge is 2.47. The molecule has 1 aromatic heterocycles. The number of nitrogens with one attached hydrogen (secondary N) is 1. The number of aryl methyl sites for hydroxylation is 1. The van der Waals surface area contributed by atoms with E-state index in [1.165, 1.54) is 0 Å². The summed E-state index contributed by atoms with van der Waals surface area (Å²) in [6.07, 6.45) is 0.307. The zero-order chi connectivity index (χ0) is 24.1. The second-order valence-corrected chi connectivity index (χ2v) is 17.2. The van der Waals surface area contributed by atoms with Gasteiger partial charge in [-0.05, 0) is 31.0 Å². The summed E-state index contributed by atoms with van der Waals surface area (Å²) in [6, 6.07) is 1.30. The number of amides is 1. The fourth-order valence-electron chi connectivity index (χ4n) is 3.97. The van der Waals surface area contributed by atoms with Crippen molar-refractivity contribution in [1.82, 2.24) is 14.8 Å². The van der Waals surface area contributed by atoms with Gasteiger partial charge >= 0.3 is 0 Å². The molecule has 1 aromatic rings. The number of amidine groups is 1. The number of likely N-dealkylation sites (tertiary alicyclic amines) is 1. The van der Waals surface area contributed by atoms with Crippen molar-refractivity contribution in [2.24, 2.45) is 10.9 Å². The minimum Gasteiger partial charge on any atom is -0.412 e. The van der Waals surface area contributed by atoms with Crippen molar-refractivity contribution in [3.8, 4) is 0 Å². The first-order valence-electron chi connectivity index (χ1n) is 11.1. The quantitative estimate of drug-likeness (QED) is 0.621. The molecule has 0 aromatic carbocycles. The van der Waals surface area contributed by atoms with Crippen LogP contribution in [0, 0.1) is 12.8 Å². The van der Waals surface area contributed by atoms with E-state index in [0.29, 0.717) is 30.3 Å². The van der Waals surface area contributed by atoms with Gasteiger partial charge in [0.05, 0.1) is 17.8 Å². The van der Waals surface area contributed by atoms with Crippen LogP contribution in [0.1, 0.15) is 58.4 Å². The zero-order valence-corrected chi connectivity index (χ0v) is 22.1. The first kappa shape index (κ1) is 24.9. The zero-order valence-electron chi connectivity index (χ0n) is 20.3. The molecule has 180 valence electrons. The smallest absolute Gasteiger partial charge is 0.254 e. The Kier molecular flexibility index (Phi) is 6.67. The number of aliphatic imine (C=N–C) groups is 1. The summed E-state index contributed by atoms with van der Waals surface area (Å²) in [4.78, 5) is 19.7. The van der Waals surface area contributed by atoms with Crippen molar-refractivity contribution >= 4 is 30.1 Å². The summed E-state index contributed by atoms with van der Waals surface area (Å²) < 4.78 is 38.6. The highest BCUT2D eigenvalue weighted by molar-refractivity contribution is 7.90. The standard InChI is InChI=1S/C21H36N4O5SSi/c1-13(2)18(17-9-14(3)23-29-17)20(26)25-11-15(30-32(7,8)21(4,5)6)10-16(25)19-22-12-31(27,28)24-19/h9,13,15-16,18H,10-12H2,1-8H3,(H,22,24)/t15?,16-,18?/m0/s1. The third-order valence-electron chi connectivity index (χ3n) is 6.68. The molecule has 9 nitrogen and oxygen atoms in total. The van der Waals surface area contributed by atoms with Crippen molar-refractivity contribution in [2.45, 2.75) is 84.2 Å². The molecule has 11 heteroatoms. The van der Waals surface area contributed by atoms with Gasteiger partial charge in [-0.25, -0.2) is 8.42 Å². The molecular formula is C21H36N4O5SSi. The Hall–Kier alpha value is -1.72. The van der Waals surface area contributed by atoms with Gasteiger partial charge < -0.3 is 13.8 Å². The number of hydrogen-bond donors (Lipinski definition) is 1. The minimum atomic E-state index is -3.50. The van der Waals surface area contributed by atoms with Crippen LogP contribution < -0.4 is 4.72 Å². The second kappa shape index (κ2) is 8.57. The fourth-order valence-corrected chi connectivity index (χ4v) is 6.23. The van der Waals surface area contributed by atoms with Gasteiger partial charge in [-0.1, -0.05) is 39.8 Å². The fraction of sp³-hybridized carbons (Fsp3) is 0.762. The van der Waals surface area contributed by atoms with E-state index in [-0.39, 0.29) is 28.8 Å². The predicted molar refractivity (Wildman–Crippen MR) is 125 cm³/mol. The average Bonchev–Trinajstić information content (AvgIpc) is 3.32. The summed E-state index contributed by atoms with van der Waals surface area (Å²) in [5.74, 6) is -0.165. The molecule has 0 spiro atoms. The maximum Gasteiger partial charge on any atom is 0.254 e. The largest absolute Gasteiger partial charge is 0.412 e. The Balaban J connectivity index is 1.91. The van der Waals surface area contributed by atoms with Crippen LogP contribution in [0.25, 0.3) is 0 Å². The van der Waals surface area contributed by atoms with Gasteiger partial charge in [0.1, 0.15) is 17.5 Å². The molecule has 1 amide bonds. The maximum absolute atomic E-state index is 13.8. The van der Waals surface area contributed by atoms with Crippen LogP contribution in [-0.2, 0) is 19.2 Å². The van der Waals surface area contributed by atoms with Gasteiger partial charge in [-0.2, -0.15) is 0 Å². The third-order valence-corrected chi connectivity index (χ3v) is 12.2. The highest BCUT2D eigenvalue weighted by Crippen LogP contribution is 2.40. The number of carbonyl (C=O) groups excluding carboxylic acids is 1. The lowest BCUT2D eigenvalue weighted by molar-refractivity contribution is -0.134. The number of hydrogen-bond acceptors (Lipinski definition) is 7. The van der Waals surface area contributed by atoms with E-state index in [1.54, 1.807) is 11.0 Å². The van der Waals surface area contributed by atoms with Crippen LogP contribution in [0.4, 0.5) is 0 Å². The van der Waals surface area contributed by atoms with Crippen LogP contribution in [0.15, 0.2) is 15.6 Å². The van der Waals surface area contributed by atoms with Crippen LogP contribution in [0.3, 0.4) is 0 Å². The lowest BCUT2D eigenvalue weighted by Crippen LogP contribution is -2.47. The molecule has 3 heterocycles. The van der Waals surface area contributed by atoms with Crippen LogP contribution in [0.2, 0.25) is 18.1 Å². The third kappa shape index (κ3) is 5.09. The van der Waals surface area contributed by atoms with Crippen molar-refractivity contribution < 1.29 is 22.2 Å². The van der Waals surface area contributed by atoms with Crippen molar-refractivity contribution in [2.75, 3.05) is 12.4 Å². The number of sulfonamides is 1. The lowest BCUT2D eigenvalue weighted by Gasteiger charge is -2.38. The van der Waals surface area contributed by atoms with Gasteiger partial charge in [-0.15, -0.1) is 0 Å². The Morgan fingerprint density at radius 2 is 2.00 bits per heavy atom. The second-order valence-electron chi connectivity index (χ2n) is 10.7. The molecule has 1 saturated heterocycles. The summed E-state index contributed by atoms with van der Waals surface area (Å²) in [5, 5.41) is 3.97. The van der Waals surface area contributed by atoms with Crippen LogP contribution in [0.5, 0.6) is 0 Å². The van der Waals surface area contributed by atoms with Gasteiger partial charge in [0.15, 0.2) is 14.2 Å². The molecule has 3 rings (SSSR count). The predicted octanol–water partition coefficient (Wildman–Crippen LogP) is 3.00. The summed E-state index contributed by atoms with van der Waals surface area (Å²) in [6.45, 7) is 17.0. The van der Waals surface area contributed by atoms with Crippen molar-refractivity contribution in [3.63, 3.8) is 0 Å². The molecule has 0 bridgehead atoms. The van der Waals surface area contributed by atoms with E-state index < -0.39 is 30.3 Å². The highest BCUT2D eigenvalue weighted by atomic mass is 32.2. The Morgan fingerprint density at radius 1 is 1.34 bits per heavy atom. The van der Waals surface area contributed by atoms with E-state index in [2.05, 4.69) is 48.7 Å². The van der Waals surface area contributed by atoms with E-state index in [9.17, 15) is 13.2 Å². The molecule has 32 heavy (non-hydrogen) atoms. The SMILES string of the molecule is Cc1cc(C(C(=O)N2CC(O[Si](C)(C)C(C)(C)C)C[C@H]2C2=NCS(=O)(=O)N2)C(C)C)on1. The summed E-state index contributed by atoms with van der Waals surface area (Å²) in [7, 11) is -5.58. The number of carbonyl (C=O) groups is 1. The van der Waals surface area contributed by atoms with Gasteiger partial charge in [0.2, 0.25) is 5.91 Å². The number of rotatable bonds is 6. The van der Waals surface area contributed by atoms with Crippen molar-refractivity contribution in [1.29, 1.82) is 0 Å². The Bertz CT molecular complexity index is 996. The maximum atomic E-state index is 13.8. The average molecular weight is 485 g/mol. The van der Waals surface area contributed by atoms with E-state index in [4.69, 9.17) is 8.95 Å². The molecule has 2 aliphatic heterocycles. The van der Waals surface area contributed by atoms with Crippen LogP contribution in [-0.4, -0.2) is 63.1 Å². The Morgan fingerprint density at radius 3 is 2.47 bits per heavy atom. The summed E-state index contributed by atoms with van der Waals surface area (Å²) in [5.41, 5.74) is 0.712. The topological polar surface area (TPSA) is 114 Å². The van der Waals surface area contributed by atoms with E-state index >= 15 is 0 Å². The lowest BCUT2D eigenvalue weighted by atomic mass is 9.91. The molecule has 3 atom stereocenters.